The normalized spacial score (nSPS) is 13.2. The van der Waals surface area contributed by atoms with E-state index in [-0.39, 0.29) is 11.8 Å². The average Bonchev–Trinajstić information content (AvgIpc) is 2.47. The number of aryl methyl sites for hydroxylation is 2. The summed E-state index contributed by atoms with van der Waals surface area (Å²) < 4.78 is 0. The molecule has 0 aliphatic rings. The van der Waals surface area contributed by atoms with E-state index in [9.17, 15) is 14.4 Å². The summed E-state index contributed by atoms with van der Waals surface area (Å²) in [5.74, 6) is -1.42. The number of nitrogens with two attached hydrogens (primary N) is 1. The van der Waals surface area contributed by atoms with Gasteiger partial charge in [-0.15, -0.1) is 0 Å². The summed E-state index contributed by atoms with van der Waals surface area (Å²) in [6.45, 7) is 8.99. The highest BCUT2D eigenvalue weighted by Crippen LogP contribution is 2.12. The van der Waals surface area contributed by atoms with Gasteiger partial charge in [-0.2, -0.15) is 0 Å². The third-order valence-electron chi connectivity index (χ3n) is 3.98. The van der Waals surface area contributed by atoms with Gasteiger partial charge in [0.25, 0.3) is 0 Å². The average molecular weight is 333 g/mol. The highest BCUT2D eigenvalue weighted by atomic mass is 16.2. The number of hydrogen-bond acceptors (Lipinski definition) is 3. The number of carbonyl (C=O) groups is 3. The summed E-state index contributed by atoms with van der Waals surface area (Å²) in [7, 11) is 0. The lowest BCUT2D eigenvalue weighted by molar-refractivity contribution is -0.131. The molecule has 2 atom stereocenters. The molecule has 0 saturated carbocycles. The molecule has 0 aliphatic heterocycles. The van der Waals surface area contributed by atoms with Gasteiger partial charge in [0.15, 0.2) is 0 Å². The van der Waals surface area contributed by atoms with Crippen molar-refractivity contribution >= 4 is 17.7 Å². The maximum atomic E-state index is 12.4. The SMILES string of the molecule is CC(=O)N[C@@H](C(=O)N[C@H](Cc1ccc(C)c(C)c1)C(N)=O)C(C)C. The predicted octanol–water partition coefficient (Wildman–Crippen LogP) is 0.977. The smallest absolute Gasteiger partial charge is 0.243 e. The van der Waals surface area contributed by atoms with E-state index < -0.39 is 23.9 Å². The van der Waals surface area contributed by atoms with E-state index in [4.69, 9.17) is 5.73 Å². The Morgan fingerprint density at radius 3 is 2.17 bits per heavy atom. The molecular weight excluding hydrogens is 306 g/mol. The van der Waals surface area contributed by atoms with E-state index in [2.05, 4.69) is 10.6 Å². The van der Waals surface area contributed by atoms with Crippen molar-refractivity contribution in [3.8, 4) is 0 Å². The molecule has 3 amide bonds. The zero-order valence-electron chi connectivity index (χ0n) is 15.0. The van der Waals surface area contributed by atoms with Gasteiger partial charge in [0.1, 0.15) is 12.1 Å². The zero-order valence-corrected chi connectivity index (χ0v) is 15.0. The quantitative estimate of drug-likeness (QED) is 0.693. The van der Waals surface area contributed by atoms with Crippen LogP contribution in [-0.4, -0.2) is 29.8 Å². The van der Waals surface area contributed by atoms with Crippen molar-refractivity contribution in [2.75, 3.05) is 0 Å². The molecule has 0 fully saturated rings. The fourth-order valence-corrected chi connectivity index (χ4v) is 2.40. The lowest BCUT2D eigenvalue weighted by Gasteiger charge is -2.24. The second-order valence-electron chi connectivity index (χ2n) is 6.51. The van der Waals surface area contributed by atoms with Crippen LogP contribution in [0, 0.1) is 19.8 Å². The van der Waals surface area contributed by atoms with Crippen molar-refractivity contribution < 1.29 is 14.4 Å². The summed E-state index contributed by atoms with van der Waals surface area (Å²) in [6.07, 6.45) is 0.313. The lowest BCUT2D eigenvalue weighted by Crippen LogP contribution is -2.55. The predicted molar refractivity (Wildman–Crippen MR) is 93.2 cm³/mol. The molecule has 6 nitrogen and oxygen atoms in total. The van der Waals surface area contributed by atoms with Crippen molar-refractivity contribution in [1.29, 1.82) is 0 Å². The molecule has 0 unspecified atom stereocenters. The third kappa shape index (κ3) is 5.68. The number of rotatable bonds is 7. The Kier molecular flexibility index (Phi) is 6.95. The van der Waals surface area contributed by atoms with E-state index >= 15 is 0 Å². The van der Waals surface area contributed by atoms with Crippen molar-refractivity contribution in [2.24, 2.45) is 11.7 Å². The fourth-order valence-electron chi connectivity index (χ4n) is 2.40. The maximum absolute atomic E-state index is 12.4. The summed E-state index contributed by atoms with van der Waals surface area (Å²) in [5.41, 5.74) is 8.62. The fraction of sp³-hybridized carbons (Fsp3) is 0.500. The van der Waals surface area contributed by atoms with Crippen LogP contribution in [0.4, 0.5) is 0 Å². The van der Waals surface area contributed by atoms with Gasteiger partial charge in [0.2, 0.25) is 17.7 Å². The highest BCUT2D eigenvalue weighted by molar-refractivity contribution is 5.91. The van der Waals surface area contributed by atoms with Crippen LogP contribution in [0.3, 0.4) is 0 Å². The second-order valence-corrected chi connectivity index (χ2v) is 6.51. The first-order valence-electron chi connectivity index (χ1n) is 8.04. The molecule has 0 saturated heterocycles. The Morgan fingerprint density at radius 2 is 1.71 bits per heavy atom. The van der Waals surface area contributed by atoms with Crippen molar-refractivity contribution in [2.45, 2.75) is 53.1 Å². The molecular formula is C18H27N3O3. The number of benzene rings is 1. The third-order valence-corrected chi connectivity index (χ3v) is 3.98. The highest BCUT2D eigenvalue weighted by Gasteiger charge is 2.27. The molecule has 1 aromatic carbocycles. The Hall–Kier alpha value is -2.37. The Labute approximate surface area is 143 Å². The number of hydrogen-bond donors (Lipinski definition) is 3. The van der Waals surface area contributed by atoms with Crippen LogP contribution in [0.5, 0.6) is 0 Å². The minimum absolute atomic E-state index is 0.107. The maximum Gasteiger partial charge on any atom is 0.243 e. The first-order chi connectivity index (χ1) is 11.1. The molecule has 0 aromatic heterocycles. The molecule has 0 heterocycles. The molecule has 0 radical (unpaired) electrons. The van der Waals surface area contributed by atoms with Crippen LogP contribution >= 0.6 is 0 Å². The van der Waals surface area contributed by atoms with Gasteiger partial charge in [-0.3, -0.25) is 14.4 Å². The van der Waals surface area contributed by atoms with E-state index in [1.807, 2.05) is 45.9 Å². The molecule has 1 aromatic rings. The lowest BCUT2D eigenvalue weighted by atomic mass is 9.99. The largest absolute Gasteiger partial charge is 0.368 e. The van der Waals surface area contributed by atoms with Crippen LogP contribution in [0.25, 0.3) is 0 Å². The number of amides is 3. The summed E-state index contributed by atoms with van der Waals surface area (Å²) in [4.78, 5) is 35.4. The van der Waals surface area contributed by atoms with Crippen molar-refractivity contribution in [3.05, 3.63) is 34.9 Å². The molecule has 0 bridgehead atoms. The van der Waals surface area contributed by atoms with Gasteiger partial charge in [-0.05, 0) is 36.5 Å². The van der Waals surface area contributed by atoms with Gasteiger partial charge >= 0.3 is 0 Å². The van der Waals surface area contributed by atoms with Crippen LogP contribution in [0.15, 0.2) is 18.2 Å². The second kappa shape index (κ2) is 8.47. The van der Waals surface area contributed by atoms with Gasteiger partial charge < -0.3 is 16.4 Å². The van der Waals surface area contributed by atoms with Gasteiger partial charge in [0, 0.05) is 13.3 Å². The summed E-state index contributed by atoms with van der Waals surface area (Å²) >= 11 is 0. The van der Waals surface area contributed by atoms with Gasteiger partial charge in [-0.1, -0.05) is 32.0 Å². The molecule has 0 spiro atoms. The standard InChI is InChI=1S/C18H27N3O3/c1-10(2)16(20-13(5)22)18(24)21-15(17(19)23)9-14-7-6-11(3)12(4)8-14/h6-8,10,15-16H,9H2,1-5H3,(H2,19,23)(H,20,22)(H,21,24)/t15-,16-/m1/s1. The molecule has 24 heavy (non-hydrogen) atoms. The van der Waals surface area contributed by atoms with E-state index in [0.29, 0.717) is 6.42 Å². The topological polar surface area (TPSA) is 101 Å². The molecule has 0 aliphatic carbocycles. The molecule has 132 valence electrons. The molecule has 4 N–H and O–H groups in total. The van der Waals surface area contributed by atoms with Crippen molar-refractivity contribution in [1.82, 2.24) is 10.6 Å². The zero-order chi connectivity index (χ0) is 18.4. The van der Waals surface area contributed by atoms with Gasteiger partial charge in [-0.25, -0.2) is 0 Å². The molecule has 6 heteroatoms. The van der Waals surface area contributed by atoms with Crippen LogP contribution in [0.1, 0.15) is 37.5 Å². The summed E-state index contributed by atoms with van der Waals surface area (Å²) in [6, 6.07) is 4.33. The minimum atomic E-state index is -0.824. The first kappa shape index (κ1) is 19.7. The van der Waals surface area contributed by atoms with E-state index in [1.165, 1.54) is 6.92 Å². The van der Waals surface area contributed by atoms with Crippen LogP contribution in [0.2, 0.25) is 0 Å². The van der Waals surface area contributed by atoms with E-state index in [0.717, 1.165) is 16.7 Å². The first-order valence-corrected chi connectivity index (χ1v) is 8.04. The Balaban J connectivity index is 2.88. The number of carbonyl (C=O) groups excluding carboxylic acids is 3. The van der Waals surface area contributed by atoms with Crippen LogP contribution < -0.4 is 16.4 Å². The van der Waals surface area contributed by atoms with Crippen LogP contribution in [-0.2, 0) is 20.8 Å². The Bertz CT molecular complexity index is 626. The minimum Gasteiger partial charge on any atom is -0.368 e. The summed E-state index contributed by atoms with van der Waals surface area (Å²) in [5, 5.41) is 5.26. The number of primary amides is 1. The Morgan fingerprint density at radius 1 is 1.08 bits per heavy atom. The van der Waals surface area contributed by atoms with Gasteiger partial charge in [0.05, 0.1) is 0 Å². The van der Waals surface area contributed by atoms with E-state index in [1.54, 1.807) is 0 Å². The monoisotopic (exact) mass is 333 g/mol. The number of nitrogens with one attached hydrogen (secondary N) is 2. The molecule has 1 rings (SSSR count). The van der Waals surface area contributed by atoms with Crippen molar-refractivity contribution in [3.63, 3.8) is 0 Å².